The van der Waals surface area contributed by atoms with Crippen LogP contribution in [0.5, 0.6) is 0 Å². The van der Waals surface area contributed by atoms with Gasteiger partial charge < -0.3 is 10.6 Å². The van der Waals surface area contributed by atoms with Crippen LogP contribution in [-0.4, -0.2) is 30.6 Å². The lowest BCUT2D eigenvalue weighted by Gasteiger charge is -2.34. The van der Waals surface area contributed by atoms with E-state index in [9.17, 15) is 0 Å². The van der Waals surface area contributed by atoms with Crippen LogP contribution in [-0.2, 0) is 0 Å². The first-order valence-corrected chi connectivity index (χ1v) is 5.32. The highest BCUT2D eigenvalue weighted by atomic mass is 15.2. The molecule has 0 bridgehead atoms. The van der Waals surface area contributed by atoms with E-state index in [-0.39, 0.29) is 0 Å². The van der Waals surface area contributed by atoms with Crippen LogP contribution in [0.25, 0.3) is 0 Å². The molecule has 1 aliphatic rings. The SMILES string of the molecule is CCN1CCCCC1CCCN. The molecule has 1 unspecified atom stereocenters. The van der Waals surface area contributed by atoms with Gasteiger partial charge in [-0.1, -0.05) is 13.3 Å². The summed E-state index contributed by atoms with van der Waals surface area (Å²) in [5.41, 5.74) is 5.51. The summed E-state index contributed by atoms with van der Waals surface area (Å²) in [6.45, 7) is 5.65. The predicted octanol–water partition coefficient (Wildman–Crippen LogP) is 1.60. The van der Waals surface area contributed by atoms with E-state index in [0.717, 1.165) is 12.6 Å². The smallest absolute Gasteiger partial charge is 0.00956 e. The van der Waals surface area contributed by atoms with Gasteiger partial charge in [0.15, 0.2) is 0 Å². The Morgan fingerprint density at radius 1 is 1.42 bits per heavy atom. The third kappa shape index (κ3) is 2.76. The Kier molecular flexibility index (Phi) is 4.62. The van der Waals surface area contributed by atoms with Gasteiger partial charge in [0.25, 0.3) is 0 Å². The minimum atomic E-state index is 0.840. The van der Waals surface area contributed by atoms with Crippen molar-refractivity contribution in [2.24, 2.45) is 5.73 Å². The van der Waals surface area contributed by atoms with Crippen molar-refractivity contribution >= 4 is 0 Å². The zero-order valence-electron chi connectivity index (χ0n) is 8.26. The van der Waals surface area contributed by atoms with E-state index < -0.39 is 0 Å². The van der Waals surface area contributed by atoms with E-state index in [1.165, 1.54) is 45.2 Å². The molecule has 2 nitrogen and oxygen atoms in total. The van der Waals surface area contributed by atoms with Crippen LogP contribution >= 0.6 is 0 Å². The number of rotatable bonds is 4. The Bertz CT molecular complexity index is 114. The summed E-state index contributed by atoms with van der Waals surface area (Å²) in [5, 5.41) is 0. The molecular formula is C10H22N2. The first-order chi connectivity index (χ1) is 5.88. The molecule has 1 fully saturated rings. The Labute approximate surface area is 76.1 Å². The van der Waals surface area contributed by atoms with Crippen LogP contribution in [0.4, 0.5) is 0 Å². The maximum absolute atomic E-state index is 5.51. The zero-order valence-corrected chi connectivity index (χ0v) is 8.26. The Morgan fingerprint density at radius 3 is 2.92 bits per heavy atom. The highest BCUT2D eigenvalue weighted by molar-refractivity contribution is 4.75. The average Bonchev–Trinajstić information content (AvgIpc) is 2.15. The van der Waals surface area contributed by atoms with E-state index in [4.69, 9.17) is 5.73 Å². The van der Waals surface area contributed by atoms with Gasteiger partial charge in [0, 0.05) is 6.04 Å². The van der Waals surface area contributed by atoms with Gasteiger partial charge >= 0.3 is 0 Å². The molecule has 12 heavy (non-hydrogen) atoms. The van der Waals surface area contributed by atoms with Crippen molar-refractivity contribution < 1.29 is 0 Å². The quantitative estimate of drug-likeness (QED) is 0.694. The van der Waals surface area contributed by atoms with Crippen molar-refractivity contribution in [1.29, 1.82) is 0 Å². The van der Waals surface area contributed by atoms with Gasteiger partial charge in [-0.2, -0.15) is 0 Å². The summed E-state index contributed by atoms with van der Waals surface area (Å²) in [4.78, 5) is 2.61. The molecule has 1 aliphatic heterocycles. The normalized spacial score (nSPS) is 26.0. The zero-order chi connectivity index (χ0) is 8.81. The van der Waals surface area contributed by atoms with Gasteiger partial charge in [-0.25, -0.2) is 0 Å². The van der Waals surface area contributed by atoms with Crippen LogP contribution in [0.1, 0.15) is 39.0 Å². The number of likely N-dealkylation sites (tertiary alicyclic amines) is 1. The summed E-state index contributed by atoms with van der Waals surface area (Å²) in [5.74, 6) is 0. The summed E-state index contributed by atoms with van der Waals surface area (Å²) >= 11 is 0. The number of hydrogen-bond acceptors (Lipinski definition) is 2. The maximum atomic E-state index is 5.51. The molecule has 2 heteroatoms. The van der Waals surface area contributed by atoms with Gasteiger partial charge in [0.05, 0.1) is 0 Å². The third-order valence-corrected chi connectivity index (χ3v) is 2.90. The fourth-order valence-corrected chi connectivity index (χ4v) is 2.16. The molecule has 0 aromatic heterocycles. The molecule has 0 radical (unpaired) electrons. The van der Waals surface area contributed by atoms with Crippen LogP contribution < -0.4 is 5.73 Å². The van der Waals surface area contributed by atoms with Gasteiger partial charge in [-0.15, -0.1) is 0 Å². The van der Waals surface area contributed by atoms with Gasteiger partial charge in [0.1, 0.15) is 0 Å². The lowest BCUT2D eigenvalue weighted by atomic mass is 9.98. The van der Waals surface area contributed by atoms with Crippen molar-refractivity contribution in [2.45, 2.75) is 45.1 Å². The molecule has 0 saturated carbocycles. The Morgan fingerprint density at radius 2 is 2.25 bits per heavy atom. The summed E-state index contributed by atoms with van der Waals surface area (Å²) < 4.78 is 0. The predicted molar refractivity (Wildman–Crippen MR) is 53.2 cm³/mol. The molecule has 72 valence electrons. The second-order valence-corrected chi connectivity index (χ2v) is 3.71. The first-order valence-electron chi connectivity index (χ1n) is 5.32. The van der Waals surface area contributed by atoms with Crippen LogP contribution in [0.15, 0.2) is 0 Å². The molecule has 0 aliphatic carbocycles. The van der Waals surface area contributed by atoms with Crippen molar-refractivity contribution in [3.05, 3.63) is 0 Å². The minimum Gasteiger partial charge on any atom is -0.330 e. The summed E-state index contributed by atoms with van der Waals surface area (Å²) in [6.07, 6.45) is 6.72. The highest BCUT2D eigenvalue weighted by Gasteiger charge is 2.19. The van der Waals surface area contributed by atoms with Crippen molar-refractivity contribution in [3.63, 3.8) is 0 Å². The molecule has 0 aromatic rings. The first kappa shape index (κ1) is 10.0. The maximum Gasteiger partial charge on any atom is 0.00956 e. The molecule has 0 spiro atoms. The molecule has 1 rings (SSSR count). The Balaban J connectivity index is 2.26. The van der Waals surface area contributed by atoms with E-state index in [1.54, 1.807) is 0 Å². The van der Waals surface area contributed by atoms with Crippen molar-refractivity contribution in [3.8, 4) is 0 Å². The van der Waals surface area contributed by atoms with Crippen LogP contribution in [0, 0.1) is 0 Å². The summed E-state index contributed by atoms with van der Waals surface area (Å²) in [7, 11) is 0. The fraction of sp³-hybridized carbons (Fsp3) is 1.00. The molecule has 0 amide bonds. The van der Waals surface area contributed by atoms with Crippen molar-refractivity contribution in [1.82, 2.24) is 4.90 Å². The Hall–Kier alpha value is -0.0800. The number of piperidine rings is 1. The second kappa shape index (κ2) is 5.55. The molecule has 1 saturated heterocycles. The molecular weight excluding hydrogens is 148 g/mol. The minimum absolute atomic E-state index is 0.840. The third-order valence-electron chi connectivity index (χ3n) is 2.90. The van der Waals surface area contributed by atoms with Crippen LogP contribution in [0.3, 0.4) is 0 Å². The lowest BCUT2D eigenvalue weighted by Crippen LogP contribution is -2.39. The van der Waals surface area contributed by atoms with Gasteiger partial charge in [0.2, 0.25) is 0 Å². The number of hydrogen-bond donors (Lipinski definition) is 1. The molecule has 1 atom stereocenters. The average molecular weight is 170 g/mol. The topological polar surface area (TPSA) is 29.3 Å². The molecule has 2 N–H and O–H groups in total. The largest absolute Gasteiger partial charge is 0.330 e. The standard InChI is InChI=1S/C10H22N2/c1-2-12-9-4-3-6-10(12)7-5-8-11/h10H,2-9,11H2,1H3. The van der Waals surface area contributed by atoms with Crippen molar-refractivity contribution in [2.75, 3.05) is 19.6 Å². The number of nitrogens with zero attached hydrogens (tertiary/aromatic N) is 1. The van der Waals surface area contributed by atoms with Gasteiger partial charge in [-0.05, 0) is 45.3 Å². The molecule has 0 aromatic carbocycles. The lowest BCUT2D eigenvalue weighted by molar-refractivity contribution is 0.146. The van der Waals surface area contributed by atoms with E-state index in [0.29, 0.717) is 0 Å². The van der Waals surface area contributed by atoms with E-state index >= 15 is 0 Å². The fourth-order valence-electron chi connectivity index (χ4n) is 2.16. The molecule has 1 heterocycles. The summed E-state index contributed by atoms with van der Waals surface area (Å²) in [6, 6.07) is 0.840. The second-order valence-electron chi connectivity index (χ2n) is 3.71. The van der Waals surface area contributed by atoms with E-state index in [2.05, 4.69) is 11.8 Å². The van der Waals surface area contributed by atoms with E-state index in [1.807, 2.05) is 0 Å². The van der Waals surface area contributed by atoms with Crippen LogP contribution in [0.2, 0.25) is 0 Å². The monoisotopic (exact) mass is 170 g/mol. The number of nitrogens with two attached hydrogens (primary N) is 1. The highest BCUT2D eigenvalue weighted by Crippen LogP contribution is 2.19. The van der Waals surface area contributed by atoms with Gasteiger partial charge in [-0.3, -0.25) is 0 Å².